The van der Waals surface area contributed by atoms with Crippen LogP contribution in [-0.4, -0.2) is 24.9 Å². The van der Waals surface area contributed by atoms with E-state index in [2.05, 4.69) is 9.71 Å². The third-order valence-electron chi connectivity index (χ3n) is 2.57. The van der Waals surface area contributed by atoms with E-state index in [1.807, 2.05) is 18.2 Å². The van der Waals surface area contributed by atoms with Crippen LogP contribution in [0.3, 0.4) is 0 Å². The van der Waals surface area contributed by atoms with Crippen LogP contribution in [0.25, 0.3) is 0 Å². The Kier molecular flexibility index (Phi) is 5.03. The molecule has 0 bridgehead atoms. The number of nitrogens with zero attached hydrogens (tertiary/aromatic N) is 1. The van der Waals surface area contributed by atoms with E-state index in [1.54, 1.807) is 6.07 Å². The summed E-state index contributed by atoms with van der Waals surface area (Å²) in [5, 5.41) is 0. The number of sulfonamides is 1. The monoisotopic (exact) mass is 327 g/mol. The van der Waals surface area contributed by atoms with Crippen LogP contribution in [0.5, 0.6) is 0 Å². The molecule has 2 rings (SSSR count). The third kappa shape index (κ3) is 4.61. The molecule has 0 radical (unpaired) electrons. The van der Waals surface area contributed by atoms with Crippen molar-refractivity contribution in [3.8, 4) is 0 Å². The number of aromatic nitrogens is 1. The van der Waals surface area contributed by atoms with Gasteiger partial charge in [-0.1, -0.05) is 12.1 Å². The van der Waals surface area contributed by atoms with Crippen LogP contribution in [0.1, 0.15) is 0 Å². The lowest BCUT2D eigenvalue weighted by atomic mass is 10.3. The van der Waals surface area contributed by atoms with E-state index in [1.165, 1.54) is 24.0 Å². The second kappa shape index (κ2) is 6.77. The molecule has 1 heterocycles. The number of rotatable bonds is 6. The van der Waals surface area contributed by atoms with E-state index < -0.39 is 15.8 Å². The van der Waals surface area contributed by atoms with Crippen molar-refractivity contribution in [3.05, 3.63) is 48.5 Å². The topological polar surface area (TPSA) is 85.1 Å². The number of nitrogen functional groups attached to an aromatic ring is 1. The third-order valence-corrected chi connectivity index (χ3v) is 5.19. The van der Waals surface area contributed by atoms with Crippen LogP contribution >= 0.6 is 11.8 Å². The first-order valence-electron chi connectivity index (χ1n) is 6.05. The van der Waals surface area contributed by atoms with Gasteiger partial charge in [-0.2, -0.15) is 0 Å². The van der Waals surface area contributed by atoms with Gasteiger partial charge in [0, 0.05) is 22.5 Å². The summed E-state index contributed by atoms with van der Waals surface area (Å²) in [5.74, 6) is -0.537. The molecule has 8 heteroatoms. The smallest absolute Gasteiger partial charge is 0.233 e. The molecular formula is C13H14FN3O2S2. The van der Waals surface area contributed by atoms with Crippen molar-refractivity contribution < 1.29 is 12.8 Å². The summed E-state index contributed by atoms with van der Waals surface area (Å²) in [7, 11) is -3.62. The van der Waals surface area contributed by atoms with Crippen LogP contribution in [0.15, 0.2) is 47.6 Å². The summed E-state index contributed by atoms with van der Waals surface area (Å²) >= 11 is 1.34. The Morgan fingerprint density at radius 1 is 1.29 bits per heavy atom. The van der Waals surface area contributed by atoms with Crippen molar-refractivity contribution in [3.63, 3.8) is 0 Å². The number of para-hydroxylation sites is 1. The molecular weight excluding hydrogens is 313 g/mol. The molecule has 5 nitrogen and oxygen atoms in total. The number of pyridine rings is 1. The minimum absolute atomic E-state index is 0.103. The van der Waals surface area contributed by atoms with Gasteiger partial charge in [0.1, 0.15) is 0 Å². The molecule has 0 aliphatic carbocycles. The average molecular weight is 327 g/mol. The molecule has 21 heavy (non-hydrogen) atoms. The van der Waals surface area contributed by atoms with Crippen molar-refractivity contribution in [1.82, 2.24) is 4.98 Å². The standard InChI is InChI=1S/C13H14FN3O2S2/c14-10-9-16-6-5-12(10)17-21(18,19)8-7-20-13-4-2-1-3-11(13)15/h1-6,9H,7-8,15H2,(H,16,17). The lowest BCUT2D eigenvalue weighted by Crippen LogP contribution is -2.19. The molecule has 0 atom stereocenters. The quantitative estimate of drug-likeness (QED) is 0.628. The van der Waals surface area contributed by atoms with Crippen molar-refractivity contribution >= 4 is 33.2 Å². The van der Waals surface area contributed by atoms with E-state index in [0.29, 0.717) is 11.4 Å². The number of hydrogen-bond donors (Lipinski definition) is 2. The second-order valence-electron chi connectivity index (χ2n) is 4.16. The fourth-order valence-corrected chi connectivity index (χ4v) is 3.99. The highest BCUT2D eigenvalue weighted by Gasteiger charge is 2.13. The number of anilines is 2. The van der Waals surface area contributed by atoms with E-state index in [9.17, 15) is 12.8 Å². The fraction of sp³-hybridized carbons (Fsp3) is 0.154. The first kappa shape index (κ1) is 15.6. The molecule has 0 aliphatic rings. The predicted molar refractivity (Wildman–Crippen MR) is 83.2 cm³/mol. The summed E-state index contributed by atoms with van der Waals surface area (Å²) in [6, 6.07) is 8.49. The number of nitrogens with two attached hydrogens (primary N) is 1. The summed E-state index contributed by atoms with van der Waals surface area (Å²) in [6.45, 7) is 0. The number of nitrogens with one attached hydrogen (secondary N) is 1. The van der Waals surface area contributed by atoms with Crippen LogP contribution in [0.4, 0.5) is 15.8 Å². The molecule has 1 aromatic heterocycles. The lowest BCUT2D eigenvalue weighted by molar-refractivity contribution is 0.599. The highest BCUT2D eigenvalue weighted by molar-refractivity contribution is 8.01. The SMILES string of the molecule is Nc1ccccc1SCCS(=O)(=O)Nc1ccncc1F. The highest BCUT2D eigenvalue weighted by atomic mass is 32.2. The zero-order chi connectivity index (χ0) is 15.3. The van der Waals surface area contributed by atoms with Gasteiger partial charge >= 0.3 is 0 Å². The van der Waals surface area contributed by atoms with E-state index in [0.717, 1.165) is 11.1 Å². The first-order chi connectivity index (χ1) is 9.98. The van der Waals surface area contributed by atoms with E-state index >= 15 is 0 Å². The van der Waals surface area contributed by atoms with Gasteiger partial charge < -0.3 is 5.73 Å². The van der Waals surface area contributed by atoms with Crippen LogP contribution < -0.4 is 10.5 Å². The van der Waals surface area contributed by atoms with Gasteiger partial charge in [-0.15, -0.1) is 11.8 Å². The molecule has 3 N–H and O–H groups in total. The summed E-state index contributed by atoms with van der Waals surface area (Å²) in [4.78, 5) is 4.38. The summed E-state index contributed by atoms with van der Waals surface area (Å²) < 4.78 is 39.3. The van der Waals surface area contributed by atoms with Crippen LogP contribution in [-0.2, 0) is 10.0 Å². The van der Waals surface area contributed by atoms with Crippen molar-refractivity contribution in [1.29, 1.82) is 0 Å². The number of halogens is 1. The van der Waals surface area contributed by atoms with Crippen molar-refractivity contribution in [2.24, 2.45) is 0 Å². The lowest BCUT2D eigenvalue weighted by Gasteiger charge is -2.09. The van der Waals surface area contributed by atoms with E-state index in [4.69, 9.17) is 5.73 Å². The maximum atomic E-state index is 13.3. The molecule has 0 saturated carbocycles. The first-order valence-corrected chi connectivity index (χ1v) is 8.69. The Labute approximate surface area is 126 Å². The normalized spacial score (nSPS) is 11.3. The minimum Gasteiger partial charge on any atom is -0.398 e. The van der Waals surface area contributed by atoms with Gasteiger partial charge in [-0.25, -0.2) is 12.8 Å². The molecule has 0 amide bonds. The van der Waals surface area contributed by atoms with Gasteiger partial charge in [0.25, 0.3) is 0 Å². The predicted octanol–water partition coefficient (Wildman–Crippen LogP) is 2.34. The fourth-order valence-electron chi connectivity index (χ4n) is 1.55. The minimum atomic E-state index is -3.62. The average Bonchev–Trinajstić information content (AvgIpc) is 2.43. The van der Waals surface area contributed by atoms with Crippen LogP contribution in [0.2, 0.25) is 0 Å². The van der Waals surface area contributed by atoms with Crippen molar-refractivity contribution in [2.45, 2.75) is 4.90 Å². The van der Waals surface area contributed by atoms with Gasteiger partial charge in [0.05, 0.1) is 17.6 Å². The Balaban J connectivity index is 1.93. The Morgan fingerprint density at radius 3 is 2.76 bits per heavy atom. The molecule has 2 aromatic rings. The maximum absolute atomic E-state index is 13.3. The molecule has 0 spiro atoms. The zero-order valence-electron chi connectivity index (χ0n) is 11.0. The van der Waals surface area contributed by atoms with Gasteiger partial charge in [-0.05, 0) is 18.2 Å². The Morgan fingerprint density at radius 2 is 2.05 bits per heavy atom. The van der Waals surface area contributed by atoms with Gasteiger partial charge in [0.2, 0.25) is 10.0 Å². The highest BCUT2D eigenvalue weighted by Crippen LogP contribution is 2.24. The van der Waals surface area contributed by atoms with E-state index in [-0.39, 0.29) is 11.4 Å². The van der Waals surface area contributed by atoms with Gasteiger partial charge in [0.15, 0.2) is 5.82 Å². The zero-order valence-corrected chi connectivity index (χ0v) is 12.6. The summed E-state index contributed by atoms with van der Waals surface area (Å²) in [5.41, 5.74) is 6.27. The molecule has 0 unspecified atom stereocenters. The molecule has 0 aliphatic heterocycles. The number of hydrogen-bond acceptors (Lipinski definition) is 5. The molecule has 0 saturated heterocycles. The maximum Gasteiger partial charge on any atom is 0.233 e. The van der Waals surface area contributed by atoms with Crippen molar-refractivity contribution in [2.75, 3.05) is 22.0 Å². The molecule has 0 fully saturated rings. The Bertz CT molecular complexity index is 723. The Hall–Kier alpha value is -1.80. The number of benzene rings is 1. The number of thioether (sulfide) groups is 1. The second-order valence-corrected chi connectivity index (χ2v) is 7.14. The largest absolute Gasteiger partial charge is 0.398 e. The molecule has 1 aromatic carbocycles. The molecule has 112 valence electrons. The van der Waals surface area contributed by atoms with Gasteiger partial charge in [-0.3, -0.25) is 9.71 Å². The summed E-state index contributed by atoms with van der Waals surface area (Å²) in [6.07, 6.45) is 2.28. The van der Waals surface area contributed by atoms with Crippen LogP contribution in [0, 0.1) is 5.82 Å².